The van der Waals surface area contributed by atoms with Crippen molar-refractivity contribution in [3.05, 3.63) is 41.2 Å². The second-order valence-electron chi connectivity index (χ2n) is 4.43. The van der Waals surface area contributed by atoms with Crippen molar-refractivity contribution in [3.63, 3.8) is 0 Å². The Balaban J connectivity index is 2.56. The van der Waals surface area contributed by atoms with E-state index in [1.54, 1.807) is 18.3 Å². The van der Waals surface area contributed by atoms with Crippen LogP contribution in [0, 0.1) is 0 Å². The molecule has 0 radical (unpaired) electrons. The average Bonchev–Trinajstić information content (AvgIpc) is 3.01. The van der Waals surface area contributed by atoms with Crippen molar-refractivity contribution in [2.24, 2.45) is 5.73 Å². The van der Waals surface area contributed by atoms with Gasteiger partial charge in [-0.3, -0.25) is 0 Å². The molecule has 1 heterocycles. The van der Waals surface area contributed by atoms with Crippen LogP contribution in [0.15, 0.2) is 24.4 Å². The van der Waals surface area contributed by atoms with E-state index in [0.717, 1.165) is 5.69 Å². The third-order valence-electron chi connectivity index (χ3n) is 3.02. The van der Waals surface area contributed by atoms with Crippen molar-refractivity contribution in [2.45, 2.75) is 6.42 Å². The molecule has 0 spiro atoms. The summed E-state index contributed by atoms with van der Waals surface area (Å²) in [6.07, 6.45) is 2.14. The van der Waals surface area contributed by atoms with Gasteiger partial charge in [-0.15, -0.1) is 5.10 Å². The molecule has 1 aromatic carbocycles. The van der Waals surface area contributed by atoms with Gasteiger partial charge in [0.2, 0.25) is 0 Å². The van der Waals surface area contributed by atoms with Crippen LogP contribution in [0.25, 0.3) is 5.69 Å². The van der Waals surface area contributed by atoms with Gasteiger partial charge in [0.15, 0.2) is 0 Å². The smallest absolute Gasteiger partial charge is 0.337 e. The normalized spacial score (nSPS) is 10.3. The summed E-state index contributed by atoms with van der Waals surface area (Å²) >= 11 is 0. The minimum absolute atomic E-state index is 0.217. The predicted octanol–water partition coefficient (Wildman–Crippen LogP) is 0.342. The molecule has 116 valence electrons. The Hall–Kier alpha value is -2.74. The summed E-state index contributed by atoms with van der Waals surface area (Å²) in [6, 6.07) is 4.53. The number of esters is 2. The average molecular weight is 304 g/mol. The molecule has 0 amide bonds. The van der Waals surface area contributed by atoms with Crippen LogP contribution < -0.4 is 5.73 Å². The quantitative estimate of drug-likeness (QED) is 0.793. The molecule has 8 heteroatoms. The fraction of sp³-hybridized carbons (Fsp3) is 0.286. The van der Waals surface area contributed by atoms with E-state index in [0.29, 0.717) is 18.7 Å². The minimum Gasteiger partial charge on any atom is -0.465 e. The fourth-order valence-electron chi connectivity index (χ4n) is 2.00. The maximum absolute atomic E-state index is 11.8. The molecule has 0 aliphatic rings. The third kappa shape index (κ3) is 3.12. The second kappa shape index (κ2) is 6.81. The zero-order valence-corrected chi connectivity index (χ0v) is 12.3. The van der Waals surface area contributed by atoms with Crippen molar-refractivity contribution >= 4 is 11.9 Å². The Morgan fingerprint density at radius 2 is 1.73 bits per heavy atom. The summed E-state index contributed by atoms with van der Waals surface area (Å²) in [5.74, 6) is -1.13. The number of hydrogen-bond acceptors (Lipinski definition) is 7. The minimum atomic E-state index is -0.563. The molecule has 0 aliphatic carbocycles. The number of benzene rings is 1. The Labute approximate surface area is 126 Å². The molecular formula is C14H16N4O4. The lowest BCUT2D eigenvalue weighted by Gasteiger charge is -2.09. The fourth-order valence-corrected chi connectivity index (χ4v) is 2.00. The molecule has 22 heavy (non-hydrogen) atoms. The topological polar surface area (TPSA) is 109 Å². The molecule has 2 aromatic rings. The van der Waals surface area contributed by atoms with Gasteiger partial charge in [-0.2, -0.15) is 0 Å². The molecule has 0 saturated heterocycles. The maximum Gasteiger partial charge on any atom is 0.337 e. The Morgan fingerprint density at radius 1 is 1.14 bits per heavy atom. The molecule has 8 nitrogen and oxygen atoms in total. The number of carbonyl (C=O) groups excluding carboxylic acids is 2. The van der Waals surface area contributed by atoms with E-state index in [1.165, 1.54) is 25.0 Å². The molecule has 1 aromatic heterocycles. The van der Waals surface area contributed by atoms with Gasteiger partial charge in [0.1, 0.15) is 0 Å². The number of hydrogen-bond donors (Lipinski definition) is 1. The van der Waals surface area contributed by atoms with Gasteiger partial charge in [0, 0.05) is 6.42 Å². The molecule has 0 unspecified atom stereocenters. The highest BCUT2D eigenvalue weighted by Crippen LogP contribution is 2.17. The molecule has 0 bridgehead atoms. The van der Waals surface area contributed by atoms with Crippen LogP contribution in [0.3, 0.4) is 0 Å². The lowest BCUT2D eigenvalue weighted by Crippen LogP contribution is -2.12. The lowest BCUT2D eigenvalue weighted by molar-refractivity contribution is 0.0599. The van der Waals surface area contributed by atoms with E-state index in [4.69, 9.17) is 15.2 Å². The summed E-state index contributed by atoms with van der Waals surface area (Å²) in [7, 11) is 2.53. The Kier molecular flexibility index (Phi) is 4.84. The number of aromatic nitrogens is 3. The van der Waals surface area contributed by atoms with E-state index < -0.39 is 11.9 Å². The molecular weight excluding hydrogens is 288 g/mol. The van der Waals surface area contributed by atoms with E-state index in [9.17, 15) is 9.59 Å². The van der Waals surface area contributed by atoms with Gasteiger partial charge < -0.3 is 15.2 Å². The zero-order valence-electron chi connectivity index (χ0n) is 12.3. The van der Waals surface area contributed by atoms with E-state index >= 15 is 0 Å². The van der Waals surface area contributed by atoms with Gasteiger partial charge in [-0.25, -0.2) is 14.3 Å². The highest BCUT2D eigenvalue weighted by Gasteiger charge is 2.16. The van der Waals surface area contributed by atoms with Gasteiger partial charge >= 0.3 is 11.9 Å². The van der Waals surface area contributed by atoms with Gasteiger partial charge in [-0.1, -0.05) is 5.21 Å². The van der Waals surface area contributed by atoms with Crippen molar-refractivity contribution in [1.29, 1.82) is 0 Å². The number of nitrogens with zero attached hydrogens (tertiary/aromatic N) is 3. The van der Waals surface area contributed by atoms with Gasteiger partial charge in [0.05, 0.1) is 42.9 Å². The maximum atomic E-state index is 11.8. The number of ether oxygens (including phenoxy) is 2. The zero-order chi connectivity index (χ0) is 16.1. The van der Waals surface area contributed by atoms with Crippen LogP contribution in [0.1, 0.15) is 26.4 Å². The highest BCUT2D eigenvalue weighted by atomic mass is 16.5. The molecule has 0 atom stereocenters. The van der Waals surface area contributed by atoms with E-state index in [1.807, 2.05) is 0 Å². The van der Waals surface area contributed by atoms with E-state index in [2.05, 4.69) is 10.3 Å². The van der Waals surface area contributed by atoms with Gasteiger partial charge in [0.25, 0.3) is 0 Å². The number of methoxy groups -OCH3 is 2. The molecule has 0 fully saturated rings. The molecule has 2 rings (SSSR count). The van der Waals surface area contributed by atoms with Crippen LogP contribution in [-0.2, 0) is 15.9 Å². The predicted molar refractivity (Wildman–Crippen MR) is 76.8 cm³/mol. The first-order valence-corrected chi connectivity index (χ1v) is 6.52. The van der Waals surface area contributed by atoms with E-state index in [-0.39, 0.29) is 11.1 Å². The summed E-state index contributed by atoms with van der Waals surface area (Å²) in [5.41, 5.74) is 7.25. The highest BCUT2D eigenvalue weighted by molar-refractivity contribution is 5.96. The van der Waals surface area contributed by atoms with Crippen LogP contribution in [-0.4, -0.2) is 47.7 Å². The van der Waals surface area contributed by atoms with Crippen molar-refractivity contribution in [3.8, 4) is 5.69 Å². The van der Waals surface area contributed by atoms with Crippen LogP contribution in [0.2, 0.25) is 0 Å². The van der Waals surface area contributed by atoms with Crippen molar-refractivity contribution in [2.75, 3.05) is 20.8 Å². The van der Waals surface area contributed by atoms with Crippen LogP contribution in [0.5, 0.6) is 0 Å². The summed E-state index contributed by atoms with van der Waals surface area (Å²) < 4.78 is 10.9. The summed E-state index contributed by atoms with van der Waals surface area (Å²) in [5, 5.41) is 7.80. The van der Waals surface area contributed by atoms with Crippen LogP contribution in [0.4, 0.5) is 0 Å². The monoisotopic (exact) mass is 304 g/mol. The number of nitrogens with two attached hydrogens (primary N) is 1. The summed E-state index contributed by atoms with van der Waals surface area (Å²) in [4.78, 5) is 23.5. The Morgan fingerprint density at radius 3 is 2.23 bits per heavy atom. The Bertz CT molecular complexity index is 662. The molecule has 0 aliphatic heterocycles. The first-order chi connectivity index (χ1) is 10.6. The lowest BCUT2D eigenvalue weighted by atomic mass is 10.1. The summed E-state index contributed by atoms with van der Waals surface area (Å²) in [6.45, 7) is 0.425. The number of carbonyl (C=O) groups is 2. The molecule has 0 saturated carbocycles. The first kappa shape index (κ1) is 15.6. The third-order valence-corrected chi connectivity index (χ3v) is 3.02. The second-order valence-corrected chi connectivity index (χ2v) is 4.43. The van der Waals surface area contributed by atoms with Crippen molar-refractivity contribution < 1.29 is 19.1 Å². The first-order valence-electron chi connectivity index (χ1n) is 6.52. The van der Waals surface area contributed by atoms with Gasteiger partial charge in [-0.05, 0) is 24.7 Å². The van der Waals surface area contributed by atoms with Crippen LogP contribution >= 0.6 is 0 Å². The van der Waals surface area contributed by atoms with Crippen molar-refractivity contribution in [1.82, 2.24) is 15.0 Å². The largest absolute Gasteiger partial charge is 0.465 e. The molecule has 2 N–H and O–H groups in total. The SMILES string of the molecule is COC(=O)c1cc(C(=O)OC)cc(-n2nncc2CCN)c1. The number of rotatable bonds is 5. The standard InChI is InChI=1S/C14H16N4O4/c1-21-13(19)9-5-10(14(20)22-2)7-12(6-9)18-11(3-4-15)8-16-17-18/h5-8H,3-4,15H2,1-2H3.